The average molecular weight is 448 g/mol. The second kappa shape index (κ2) is 8.45. The minimum Gasteiger partial charge on any atom is -0.497 e. The van der Waals surface area contributed by atoms with Gasteiger partial charge in [0.15, 0.2) is 0 Å². The molecule has 0 saturated heterocycles. The van der Waals surface area contributed by atoms with E-state index in [0.29, 0.717) is 11.7 Å². The molecule has 2 aromatic heterocycles. The first-order chi connectivity index (χ1) is 15.2. The van der Waals surface area contributed by atoms with E-state index >= 15 is 0 Å². The summed E-state index contributed by atoms with van der Waals surface area (Å²) in [4.78, 5) is 8.59. The number of nitrogens with zero attached hydrogens (tertiary/aromatic N) is 4. The molecule has 0 unspecified atom stereocenters. The van der Waals surface area contributed by atoms with Crippen LogP contribution in [0.3, 0.4) is 0 Å². The van der Waals surface area contributed by atoms with Crippen molar-refractivity contribution in [1.29, 1.82) is 0 Å². The summed E-state index contributed by atoms with van der Waals surface area (Å²) in [5.41, 5.74) is 6.39. The Bertz CT molecular complexity index is 1270. The van der Waals surface area contributed by atoms with Crippen LogP contribution in [0.1, 0.15) is 22.4 Å². The number of aromatic nitrogens is 4. The van der Waals surface area contributed by atoms with E-state index in [4.69, 9.17) is 16.3 Å². The second-order valence-corrected chi connectivity index (χ2v) is 8.40. The Morgan fingerprint density at radius 1 is 1.10 bits per heavy atom. The Hall–Kier alpha value is -3.29. The zero-order valence-corrected chi connectivity index (χ0v) is 18.2. The zero-order chi connectivity index (χ0) is 21.2. The van der Waals surface area contributed by atoms with Gasteiger partial charge in [-0.3, -0.25) is 4.98 Å². The van der Waals surface area contributed by atoms with Gasteiger partial charge in [0.2, 0.25) is 5.13 Å². The number of nitrogens with one attached hydrogen (secondary N) is 1. The highest BCUT2D eigenvalue weighted by molar-refractivity contribution is 7.18. The van der Waals surface area contributed by atoms with Gasteiger partial charge in [0.1, 0.15) is 15.9 Å². The number of ether oxygens (including phenoxy) is 1. The predicted octanol–water partition coefficient (Wildman–Crippen LogP) is 5.26. The van der Waals surface area contributed by atoms with Gasteiger partial charge in [-0.05, 0) is 41.3 Å². The molecule has 1 aliphatic carbocycles. The number of allylic oxidation sites excluding steroid dienone is 1. The predicted molar refractivity (Wildman–Crippen MR) is 123 cm³/mol. The molecular formula is C23H18ClN5OS. The van der Waals surface area contributed by atoms with Crippen molar-refractivity contribution in [3.8, 4) is 16.3 Å². The lowest BCUT2D eigenvalue weighted by Gasteiger charge is -2.07. The Kier molecular flexibility index (Phi) is 5.36. The number of fused-ring (bicyclic) bond motifs is 1. The van der Waals surface area contributed by atoms with E-state index in [1.807, 2.05) is 24.3 Å². The number of rotatable bonds is 6. The highest BCUT2D eigenvalue weighted by atomic mass is 35.5. The molecule has 4 aromatic rings. The van der Waals surface area contributed by atoms with Gasteiger partial charge in [-0.25, -0.2) is 4.98 Å². The summed E-state index contributed by atoms with van der Waals surface area (Å²) in [7, 11) is 1.66. The van der Waals surface area contributed by atoms with Crippen LogP contribution in [0.5, 0.6) is 5.75 Å². The van der Waals surface area contributed by atoms with Gasteiger partial charge in [0.05, 0.1) is 25.2 Å². The Labute approximate surface area is 188 Å². The molecule has 2 heterocycles. The van der Waals surface area contributed by atoms with Crippen LogP contribution in [0.2, 0.25) is 5.15 Å². The number of halogens is 1. The van der Waals surface area contributed by atoms with Crippen molar-refractivity contribution in [3.63, 3.8) is 0 Å². The van der Waals surface area contributed by atoms with Crippen LogP contribution < -0.4 is 10.1 Å². The van der Waals surface area contributed by atoms with Crippen molar-refractivity contribution in [1.82, 2.24) is 20.2 Å². The first-order valence-electron chi connectivity index (χ1n) is 9.71. The molecule has 2 aromatic carbocycles. The van der Waals surface area contributed by atoms with Crippen molar-refractivity contribution < 1.29 is 4.74 Å². The average Bonchev–Trinajstić information content (AvgIpc) is 3.45. The number of hydrogen-bond acceptors (Lipinski definition) is 7. The summed E-state index contributed by atoms with van der Waals surface area (Å²) in [6.07, 6.45) is 6.31. The fraction of sp³-hybridized carbons (Fsp3) is 0.130. The molecule has 0 spiro atoms. The van der Waals surface area contributed by atoms with Crippen LogP contribution in [-0.4, -0.2) is 27.3 Å². The summed E-state index contributed by atoms with van der Waals surface area (Å²) in [5.74, 6) is 0.843. The van der Waals surface area contributed by atoms with Crippen molar-refractivity contribution in [2.45, 2.75) is 13.0 Å². The van der Waals surface area contributed by atoms with E-state index in [9.17, 15) is 0 Å². The number of hydrogen-bond donors (Lipinski definition) is 1. The minimum absolute atomic E-state index is 0.389. The molecule has 0 aliphatic heterocycles. The van der Waals surface area contributed by atoms with Crippen LogP contribution in [0.25, 0.3) is 16.1 Å². The molecule has 0 bridgehead atoms. The molecule has 8 heteroatoms. The number of methoxy groups -OCH3 is 1. The third kappa shape index (κ3) is 4.15. The molecule has 0 saturated carbocycles. The van der Waals surface area contributed by atoms with Crippen molar-refractivity contribution in [3.05, 3.63) is 88.5 Å². The number of benzene rings is 2. The Morgan fingerprint density at radius 2 is 1.97 bits per heavy atom. The van der Waals surface area contributed by atoms with E-state index in [1.165, 1.54) is 16.9 Å². The molecule has 0 fully saturated rings. The van der Waals surface area contributed by atoms with Gasteiger partial charge in [0, 0.05) is 17.7 Å². The maximum atomic E-state index is 6.04. The molecule has 1 aliphatic rings. The Balaban J connectivity index is 1.34. The van der Waals surface area contributed by atoms with Gasteiger partial charge in [-0.2, -0.15) is 0 Å². The van der Waals surface area contributed by atoms with E-state index in [1.54, 1.807) is 19.5 Å². The normalized spacial score (nSPS) is 12.4. The first kappa shape index (κ1) is 19.7. The SMILES string of the molecule is COc1ccc(CNc2nnc(-c3ccc4c(c3)C(c3cncc(Cl)n3)=CC4)s2)cc1. The summed E-state index contributed by atoms with van der Waals surface area (Å²) >= 11 is 7.57. The fourth-order valence-corrected chi connectivity index (χ4v) is 4.39. The van der Waals surface area contributed by atoms with E-state index in [-0.39, 0.29) is 0 Å². The standard InChI is InChI=1S/C23H18ClN5OS/c1-30-17-7-2-14(3-8-17)11-26-23-29-28-22(31-23)16-5-4-15-6-9-18(19(15)10-16)20-12-25-13-21(24)27-20/h2-5,7-10,12-13H,6,11H2,1H3,(H,26,29). The quantitative estimate of drug-likeness (QED) is 0.434. The van der Waals surface area contributed by atoms with Gasteiger partial charge in [0.25, 0.3) is 0 Å². The van der Waals surface area contributed by atoms with E-state index in [0.717, 1.165) is 50.3 Å². The molecule has 0 atom stereocenters. The fourth-order valence-electron chi connectivity index (χ4n) is 3.51. The third-order valence-corrected chi connectivity index (χ3v) is 6.19. The van der Waals surface area contributed by atoms with Crippen LogP contribution in [0.15, 0.2) is 60.9 Å². The van der Waals surface area contributed by atoms with Crippen molar-refractivity contribution in [2.24, 2.45) is 0 Å². The van der Waals surface area contributed by atoms with Gasteiger partial charge in [-0.15, -0.1) is 10.2 Å². The number of anilines is 1. The lowest BCUT2D eigenvalue weighted by Crippen LogP contribution is -1.98. The minimum atomic E-state index is 0.389. The Morgan fingerprint density at radius 3 is 2.77 bits per heavy atom. The molecule has 0 radical (unpaired) electrons. The molecule has 6 nitrogen and oxygen atoms in total. The van der Waals surface area contributed by atoms with E-state index < -0.39 is 0 Å². The first-order valence-corrected chi connectivity index (χ1v) is 10.9. The van der Waals surface area contributed by atoms with E-state index in [2.05, 4.69) is 49.8 Å². The molecule has 0 amide bonds. The van der Waals surface area contributed by atoms with Crippen LogP contribution in [-0.2, 0) is 13.0 Å². The lowest BCUT2D eigenvalue weighted by atomic mass is 10.0. The van der Waals surface area contributed by atoms with Gasteiger partial charge < -0.3 is 10.1 Å². The molecule has 5 rings (SSSR count). The summed E-state index contributed by atoms with van der Waals surface area (Å²) in [6, 6.07) is 14.3. The molecule has 154 valence electrons. The zero-order valence-electron chi connectivity index (χ0n) is 16.7. The van der Waals surface area contributed by atoms with Gasteiger partial charge >= 0.3 is 0 Å². The summed E-state index contributed by atoms with van der Waals surface area (Å²) in [5, 5.41) is 14.1. The van der Waals surface area contributed by atoms with Crippen LogP contribution in [0.4, 0.5) is 5.13 Å². The van der Waals surface area contributed by atoms with Crippen LogP contribution in [0, 0.1) is 0 Å². The molecule has 1 N–H and O–H groups in total. The van der Waals surface area contributed by atoms with Crippen molar-refractivity contribution in [2.75, 3.05) is 12.4 Å². The van der Waals surface area contributed by atoms with Gasteiger partial charge in [-0.1, -0.05) is 53.3 Å². The second-order valence-electron chi connectivity index (χ2n) is 7.03. The summed E-state index contributed by atoms with van der Waals surface area (Å²) in [6.45, 7) is 0.670. The lowest BCUT2D eigenvalue weighted by molar-refractivity contribution is 0.414. The highest BCUT2D eigenvalue weighted by Gasteiger charge is 2.19. The third-order valence-electron chi connectivity index (χ3n) is 5.08. The smallest absolute Gasteiger partial charge is 0.206 e. The maximum absolute atomic E-state index is 6.04. The largest absolute Gasteiger partial charge is 0.497 e. The maximum Gasteiger partial charge on any atom is 0.206 e. The topological polar surface area (TPSA) is 72.8 Å². The summed E-state index contributed by atoms with van der Waals surface area (Å²) < 4.78 is 5.20. The molecule has 31 heavy (non-hydrogen) atoms. The van der Waals surface area contributed by atoms with Crippen molar-refractivity contribution >= 4 is 33.6 Å². The molecular weight excluding hydrogens is 430 g/mol. The van der Waals surface area contributed by atoms with Crippen LogP contribution >= 0.6 is 22.9 Å². The highest BCUT2D eigenvalue weighted by Crippen LogP contribution is 2.36. The monoisotopic (exact) mass is 447 g/mol.